The van der Waals surface area contributed by atoms with E-state index in [4.69, 9.17) is 5.73 Å². The van der Waals surface area contributed by atoms with Crippen molar-refractivity contribution in [2.24, 2.45) is 11.7 Å². The molecule has 6 nitrogen and oxygen atoms in total. The molecule has 0 aliphatic carbocycles. The van der Waals surface area contributed by atoms with Crippen LogP contribution in [-0.2, 0) is 12.0 Å². The van der Waals surface area contributed by atoms with E-state index >= 15 is 0 Å². The van der Waals surface area contributed by atoms with Gasteiger partial charge in [0.1, 0.15) is 11.3 Å². The number of primary amides is 1. The molecule has 0 radical (unpaired) electrons. The van der Waals surface area contributed by atoms with E-state index in [0.717, 1.165) is 16.8 Å². The van der Waals surface area contributed by atoms with Crippen LogP contribution in [0.25, 0.3) is 0 Å². The van der Waals surface area contributed by atoms with Crippen LogP contribution >= 0.6 is 0 Å². The van der Waals surface area contributed by atoms with E-state index in [0.29, 0.717) is 12.1 Å². The molecule has 3 rings (SSSR count). The molecular formula is C20H22N4O2. The van der Waals surface area contributed by atoms with E-state index in [-0.39, 0.29) is 11.6 Å². The first-order chi connectivity index (χ1) is 12.4. The summed E-state index contributed by atoms with van der Waals surface area (Å²) < 4.78 is 0. The molecule has 0 aliphatic heterocycles. The molecule has 0 fully saturated rings. The number of carbonyl (C=O) groups excluding carboxylic acids is 1. The number of benzene rings is 1. The Labute approximate surface area is 152 Å². The topological polar surface area (TPSA) is 105 Å². The highest BCUT2D eigenvalue weighted by atomic mass is 16.3. The van der Waals surface area contributed by atoms with Gasteiger partial charge in [-0.2, -0.15) is 0 Å². The van der Waals surface area contributed by atoms with E-state index in [1.54, 1.807) is 24.7 Å². The maximum atomic E-state index is 11.3. The number of amides is 1. The lowest BCUT2D eigenvalue weighted by atomic mass is 9.80. The van der Waals surface area contributed by atoms with Crippen LogP contribution in [0, 0.1) is 5.92 Å². The Morgan fingerprint density at radius 1 is 1.23 bits per heavy atom. The Hall–Kier alpha value is -2.99. The van der Waals surface area contributed by atoms with Gasteiger partial charge in [0.25, 0.3) is 5.91 Å². The van der Waals surface area contributed by atoms with E-state index in [2.05, 4.69) is 15.0 Å². The summed E-state index contributed by atoms with van der Waals surface area (Å²) in [7, 11) is 0. The Morgan fingerprint density at radius 3 is 2.54 bits per heavy atom. The lowest BCUT2D eigenvalue weighted by Gasteiger charge is -2.31. The van der Waals surface area contributed by atoms with Gasteiger partial charge in [-0.25, -0.2) is 9.97 Å². The van der Waals surface area contributed by atoms with Crippen molar-refractivity contribution in [3.63, 3.8) is 0 Å². The molecule has 0 saturated heterocycles. The third kappa shape index (κ3) is 3.36. The summed E-state index contributed by atoms with van der Waals surface area (Å²) in [4.78, 5) is 22.6. The van der Waals surface area contributed by atoms with Gasteiger partial charge >= 0.3 is 0 Å². The van der Waals surface area contributed by atoms with Crippen molar-refractivity contribution in [2.75, 3.05) is 0 Å². The number of hydrogen-bond acceptors (Lipinski definition) is 4. The van der Waals surface area contributed by atoms with Gasteiger partial charge < -0.3 is 15.8 Å². The predicted octanol–water partition coefficient (Wildman–Crippen LogP) is 2.39. The monoisotopic (exact) mass is 350 g/mol. The number of aromatic nitrogens is 3. The minimum atomic E-state index is -1.14. The minimum absolute atomic E-state index is 0.0392. The van der Waals surface area contributed by atoms with Crippen LogP contribution in [0.3, 0.4) is 0 Å². The summed E-state index contributed by atoms with van der Waals surface area (Å²) in [6, 6.07) is 13.0. The van der Waals surface area contributed by atoms with Gasteiger partial charge in [0.2, 0.25) is 0 Å². The van der Waals surface area contributed by atoms with Gasteiger partial charge in [-0.15, -0.1) is 0 Å². The van der Waals surface area contributed by atoms with Crippen molar-refractivity contribution in [1.29, 1.82) is 0 Å². The molecule has 0 aliphatic rings. The van der Waals surface area contributed by atoms with Crippen LogP contribution in [0.5, 0.6) is 0 Å². The number of pyridine rings is 1. The van der Waals surface area contributed by atoms with Gasteiger partial charge in [0, 0.05) is 12.1 Å². The molecule has 0 spiro atoms. The van der Waals surface area contributed by atoms with E-state index in [1.165, 1.54) is 0 Å². The number of carbonyl (C=O) groups is 1. The standard InChI is InChI=1S/C20H22N4O2/c1-13(2)20(26,18-11-22-12-23-18)15-8-6-14(7-9-15)10-16-4-3-5-17(24-16)19(21)25/h3-9,11-13,26H,10H2,1-2H3,(H2,21,25)(H,22,23). The van der Waals surface area contributed by atoms with Crippen LogP contribution in [0.15, 0.2) is 55.0 Å². The summed E-state index contributed by atoms with van der Waals surface area (Å²) in [5, 5.41) is 11.3. The fourth-order valence-corrected chi connectivity index (χ4v) is 3.07. The first kappa shape index (κ1) is 17.8. The first-order valence-corrected chi connectivity index (χ1v) is 8.47. The molecule has 2 heterocycles. The Morgan fingerprint density at radius 2 is 1.96 bits per heavy atom. The molecule has 1 atom stereocenters. The average Bonchev–Trinajstić information content (AvgIpc) is 3.17. The third-order valence-corrected chi connectivity index (χ3v) is 4.58. The van der Waals surface area contributed by atoms with Crippen LogP contribution in [0.4, 0.5) is 0 Å². The summed E-state index contributed by atoms with van der Waals surface area (Å²) >= 11 is 0. The van der Waals surface area contributed by atoms with Crippen molar-refractivity contribution in [1.82, 2.24) is 15.0 Å². The molecule has 1 amide bonds. The molecule has 0 bridgehead atoms. The van der Waals surface area contributed by atoms with Gasteiger partial charge in [0.05, 0.1) is 18.2 Å². The largest absolute Gasteiger partial charge is 0.379 e. The number of rotatable bonds is 6. The Kier molecular flexibility index (Phi) is 4.86. The number of nitrogens with zero attached hydrogens (tertiary/aromatic N) is 2. The number of hydrogen-bond donors (Lipinski definition) is 3. The summed E-state index contributed by atoms with van der Waals surface area (Å²) in [5.41, 5.74) is 7.64. The molecule has 1 unspecified atom stereocenters. The van der Waals surface area contributed by atoms with Crippen LogP contribution in [0.1, 0.15) is 46.9 Å². The number of nitrogens with one attached hydrogen (secondary N) is 1. The number of H-pyrrole nitrogens is 1. The van der Waals surface area contributed by atoms with Crippen molar-refractivity contribution < 1.29 is 9.90 Å². The molecule has 3 aromatic rings. The fourth-order valence-electron chi connectivity index (χ4n) is 3.07. The summed E-state index contributed by atoms with van der Waals surface area (Å²) in [6.45, 7) is 3.93. The molecular weight excluding hydrogens is 328 g/mol. The van der Waals surface area contributed by atoms with Crippen molar-refractivity contribution in [2.45, 2.75) is 25.9 Å². The zero-order chi connectivity index (χ0) is 18.7. The maximum absolute atomic E-state index is 11.3. The van der Waals surface area contributed by atoms with Crippen molar-refractivity contribution in [3.05, 3.63) is 83.2 Å². The van der Waals surface area contributed by atoms with Gasteiger partial charge in [-0.3, -0.25) is 4.79 Å². The van der Waals surface area contributed by atoms with Gasteiger partial charge in [-0.1, -0.05) is 44.2 Å². The second kappa shape index (κ2) is 7.09. The number of aromatic amines is 1. The molecule has 0 saturated carbocycles. The molecule has 26 heavy (non-hydrogen) atoms. The first-order valence-electron chi connectivity index (χ1n) is 8.47. The lowest BCUT2D eigenvalue weighted by Crippen LogP contribution is -2.33. The zero-order valence-electron chi connectivity index (χ0n) is 14.8. The molecule has 2 aromatic heterocycles. The van der Waals surface area contributed by atoms with Crippen molar-refractivity contribution in [3.8, 4) is 0 Å². The lowest BCUT2D eigenvalue weighted by molar-refractivity contribution is 0.0279. The number of imidazole rings is 1. The molecule has 1 aromatic carbocycles. The average molecular weight is 350 g/mol. The smallest absolute Gasteiger partial charge is 0.267 e. The summed E-state index contributed by atoms with van der Waals surface area (Å²) in [5.74, 6) is -0.577. The van der Waals surface area contributed by atoms with E-state index in [1.807, 2.05) is 44.2 Å². The molecule has 4 N–H and O–H groups in total. The maximum Gasteiger partial charge on any atom is 0.267 e. The molecule has 134 valence electrons. The van der Waals surface area contributed by atoms with E-state index < -0.39 is 11.5 Å². The van der Waals surface area contributed by atoms with Gasteiger partial charge in [-0.05, 0) is 29.2 Å². The molecule has 6 heteroatoms. The van der Waals surface area contributed by atoms with E-state index in [9.17, 15) is 9.90 Å². The van der Waals surface area contributed by atoms with Crippen LogP contribution in [-0.4, -0.2) is 26.0 Å². The van der Waals surface area contributed by atoms with Gasteiger partial charge in [0.15, 0.2) is 0 Å². The Balaban J connectivity index is 1.86. The normalized spacial score (nSPS) is 13.5. The zero-order valence-corrected chi connectivity index (χ0v) is 14.8. The van der Waals surface area contributed by atoms with Crippen LogP contribution < -0.4 is 5.73 Å². The quantitative estimate of drug-likeness (QED) is 0.635. The number of nitrogens with two attached hydrogens (primary N) is 1. The third-order valence-electron chi connectivity index (χ3n) is 4.58. The highest BCUT2D eigenvalue weighted by Gasteiger charge is 2.36. The second-order valence-electron chi connectivity index (χ2n) is 6.64. The van der Waals surface area contributed by atoms with Crippen molar-refractivity contribution >= 4 is 5.91 Å². The number of aliphatic hydroxyl groups is 1. The highest BCUT2D eigenvalue weighted by Crippen LogP contribution is 2.35. The minimum Gasteiger partial charge on any atom is -0.379 e. The summed E-state index contributed by atoms with van der Waals surface area (Å²) in [6.07, 6.45) is 3.78. The Bertz CT molecular complexity index is 888. The SMILES string of the molecule is CC(C)C(O)(c1ccc(Cc2cccc(C(N)=O)n2)cc1)c1cnc[nH]1. The van der Waals surface area contributed by atoms with Crippen LogP contribution in [0.2, 0.25) is 0 Å². The fraction of sp³-hybridized carbons (Fsp3) is 0.250. The predicted molar refractivity (Wildman–Crippen MR) is 98.4 cm³/mol. The second-order valence-corrected chi connectivity index (χ2v) is 6.64. The highest BCUT2D eigenvalue weighted by molar-refractivity contribution is 5.90.